The van der Waals surface area contributed by atoms with Crippen molar-refractivity contribution in [3.8, 4) is 0 Å². The van der Waals surface area contributed by atoms with Gasteiger partial charge in [0.1, 0.15) is 0 Å². The van der Waals surface area contributed by atoms with Crippen LogP contribution in [0.3, 0.4) is 0 Å². The van der Waals surface area contributed by atoms with Gasteiger partial charge in [-0.15, -0.1) is 5.10 Å². The summed E-state index contributed by atoms with van der Waals surface area (Å²) in [5.74, 6) is 0.870. The predicted molar refractivity (Wildman–Crippen MR) is 53.5 cm³/mol. The number of nitrogens with zero attached hydrogens (tertiary/aromatic N) is 3. The zero-order chi connectivity index (χ0) is 9.68. The molecule has 0 saturated carbocycles. The number of aromatic nitrogens is 3. The number of hydrogen-bond donors (Lipinski definition) is 1. The summed E-state index contributed by atoms with van der Waals surface area (Å²) < 4.78 is 1.70. The van der Waals surface area contributed by atoms with Gasteiger partial charge < -0.3 is 5.11 Å². The first-order valence-electron chi connectivity index (χ1n) is 4.30. The van der Waals surface area contributed by atoms with Gasteiger partial charge in [0.05, 0.1) is 5.69 Å². The molecule has 1 aromatic heterocycles. The zero-order valence-electron chi connectivity index (χ0n) is 7.97. The highest BCUT2D eigenvalue weighted by molar-refractivity contribution is 7.99. The number of aryl methyl sites for hydroxylation is 1. The number of aliphatic hydroxyl groups excluding tert-OH is 1. The fourth-order valence-corrected chi connectivity index (χ4v) is 1.81. The Morgan fingerprint density at radius 1 is 1.69 bits per heavy atom. The number of thioether (sulfide) groups is 1. The van der Waals surface area contributed by atoms with Crippen molar-refractivity contribution in [1.82, 2.24) is 15.0 Å². The molecule has 0 radical (unpaired) electrons. The van der Waals surface area contributed by atoms with Gasteiger partial charge >= 0.3 is 0 Å². The minimum Gasteiger partial charge on any atom is -0.396 e. The van der Waals surface area contributed by atoms with E-state index in [-0.39, 0.29) is 6.61 Å². The van der Waals surface area contributed by atoms with Gasteiger partial charge in [-0.25, -0.2) is 0 Å². The molecule has 0 aliphatic heterocycles. The molecule has 13 heavy (non-hydrogen) atoms. The minimum atomic E-state index is 0.259. The van der Waals surface area contributed by atoms with Gasteiger partial charge in [0.25, 0.3) is 0 Å². The molecule has 1 N–H and O–H groups in total. The third kappa shape index (κ3) is 3.78. The molecule has 0 aliphatic rings. The molecular formula is C8H15N3OS. The standard InChI is InChI=1S/C8H15N3OS/c1-7(3-4-12)13-6-8-5-11(2)10-9-8/h5,7,12H,3-4,6H2,1-2H3. The number of hydrogen-bond acceptors (Lipinski definition) is 4. The van der Waals surface area contributed by atoms with Crippen molar-refractivity contribution in [2.75, 3.05) is 6.61 Å². The first-order chi connectivity index (χ1) is 6.22. The molecule has 0 saturated heterocycles. The van der Waals surface area contributed by atoms with E-state index < -0.39 is 0 Å². The summed E-state index contributed by atoms with van der Waals surface area (Å²) in [4.78, 5) is 0. The van der Waals surface area contributed by atoms with Crippen molar-refractivity contribution in [3.05, 3.63) is 11.9 Å². The Balaban J connectivity index is 2.26. The molecule has 0 bridgehead atoms. The van der Waals surface area contributed by atoms with Gasteiger partial charge in [-0.05, 0) is 6.42 Å². The van der Waals surface area contributed by atoms with Crippen LogP contribution in [0, 0.1) is 0 Å². The summed E-state index contributed by atoms with van der Waals surface area (Å²) >= 11 is 1.79. The maximum Gasteiger partial charge on any atom is 0.0925 e. The lowest BCUT2D eigenvalue weighted by Gasteiger charge is -2.06. The van der Waals surface area contributed by atoms with Gasteiger partial charge in [-0.3, -0.25) is 4.68 Å². The lowest BCUT2D eigenvalue weighted by molar-refractivity contribution is 0.289. The van der Waals surface area contributed by atoms with E-state index >= 15 is 0 Å². The fourth-order valence-electron chi connectivity index (χ4n) is 0.954. The average Bonchev–Trinajstić information content (AvgIpc) is 2.49. The summed E-state index contributed by atoms with van der Waals surface area (Å²) in [6, 6.07) is 0. The Bertz CT molecular complexity index is 251. The van der Waals surface area contributed by atoms with Crippen LogP contribution >= 0.6 is 11.8 Å². The van der Waals surface area contributed by atoms with Crippen LogP contribution in [0.4, 0.5) is 0 Å². The highest BCUT2D eigenvalue weighted by Gasteiger charge is 2.04. The summed E-state index contributed by atoms with van der Waals surface area (Å²) in [5, 5.41) is 17.0. The van der Waals surface area contributed by atoms with Gasteiger partial charge in [0.15, 0.2) is 0 Å². The van der Waals surface area contributed by atoms with Crippen LogP contribution < -0.4 is 0 Å². The van der Waals surface area contributed by atoms with Crippen LogP contribution in [0.2, 0.25) is 0 Å². The maximum absolute atomic E-state index is 8.69. The summed E-state index contributed by atoms with van der Waals surface area (Å²) in [6.45, 7) is 2.37. The molecule has 1 heterocycles. The van der Waals surface area contributed by atoms with E-state index in [1.54, 1.807) is 16.4 Å². The van der Waals surface area contributed by atoms with Crippen LogP contribution in [0.15, 0.2) is 6.20 Å². The fraction of sp³-hybridized carbons (Fsp3) is 0.750. The van der Waals surface area contributed by atoms with E-state index in [1.165, 1.54) is 0 Å². The molecule has 1 atom stereocenters. The third-order valence-electron chi connectivity index (χ3n) is 1.70. The molecule has 0 fully saturated rings. The lowest BCUT2D eigenvalue weighted by atomic mass is 10.3. The SMILES string of the molecule is CC(CCO)SCc1cn(C)nn1. The van der Waals surface area contributed by atoms with Crippen LogP contribution in [0.25, 0.3) is 0 Å². The Kier molecular flexibility index (Phi) is 4.24. The molecular weight excluding hydrogens is 186 g/mol. The molecule has 0 spiro atoms. The quantitative estimate of drug-likeness (QED) is 0.766. The number of rotatable bonds is 5. The monoisotopic (exact) mass is 201 g/mol. The molecule has 1 rings (SSSR count). The average molecular weight is 201 g/mol. The van der Waals surface area contributed by atoms with E-state index in [1.807, 2.05) is 13.2 Å². The van der Waals surface area contributed by atoms with Crippen LogP contribution in [-0.2, 0) is 12.8 Å². The molecule has 0 amide bonds. The second kappa shape index (κ2) is 5.24. The van der Waals surface area contributed by atoms with Crippen LogP contribution in [0.5, 0.6) is 0 Å². The Morgan fingerprint density at radius 3 is 3.00 bits per heavy atom. The van der Waals surface area contributed by atoms with Crippen molar-refractivity contribution < 1.29 is 5.11 Å². The molecule has 1 unspecified atom stereocenters. The number of aliphatic hydroxyl groups is 1. The van der Waals surface area contributed by atoms with Crippen molar-refractivity contribution >= 4 is 11.8 Å². The second-order valence-corrected chi connectivity index (χ2v) is 4.44. The first-order valence-corrected chi connectivity index (χ1v) is 5.35. The van der Waals surface area contributed by atoms with Gasteiger partial charge in [0, 0.05) is 30.9 Å². The van der Waals surface area contributed by atoms with Crippen molar-refractivity contribution in [2.45, 2.75) is 24.3 Å². The van der Waals surface area contributed by atoms with Gasteiger partial charge in [-0.2, -0.15) is 11.8 Å². The van der Waals surface area contributed by atoms with E-state index in [4.69, 9.17) is 5.11 Å². The predicted octanol–water partition coefficient (Wildman–Crippen LogP) is 0.819. The van der Waals surface area contributed by atoms with E-state index in [0.717, 1.165) is 17.9 Å². The van der Waals surface area contributed by atoms with Crippen molar-refractivity contribution in [1.29, 1.82) is 0 Å². The Morgan fingerprint density at radius 2 is 2.46 bits per heavy atom. The van der Waals surface area contributed by atoms with Gasteiger partial charge in [-0.1, -0.05) is 12.1 Å². The third-order valence-corrected chi connectivity index (χ3v) is 2.97. The summed E-state index contributed by atoms with van der Waals surface area (Å²) in [7, 11) is 1.86. The lowest BCUT2D eigenvalue weighted by Crippen LogP contribution is -1.99. The topological polar surface area (TPSA) is 50.9 Å². The van der Waals surface area contributed by atoms with Crippen molar-refractivity contribution in [2.24, 2.45) is 7.05 Å². The molecule has 0 aromatic carbocycles. The van der Waals surface area contributed by atoms with E-state index in [0.29, 0.717) is 5.25 Å². The molecule has 1 aromatic rings. The normalized spacial score (nSPS) is 13.2. The minimum absolute atomic E-state index is 0.259. The van der Waals surface area contributed by atoms with E-state index in [9.17, 15) is 0 Å². The molecule has 0 aliphatic carbocycles. The first kappa shape index (κ1) is 10.5. The largest absolute Gasteiger partial charge is 0.396 e. The van der Waals surface area contributed by atoms with Gasteiger partial charge in [0.2, 0.25) is 0 Å². The van der Waals surface area contributed by atoms with E-state index in [2.05, 4.69) is 17.2 Å². The second-order valence-electron chi connectivity index (χ2n) is 3.02. The van der Waals surface area contributed by atoms with Crippen LogP contribution in [0.1, 0.15) is 19.0 Å². The smallest absolute Gasteiger partial charge is 0.0925 e. The van der Waals surface area contributed by atoms with Crippen LogP contribution in [-0.4, -0.2) is 32.0 Å². The summed E-state index contributed by atoms with van der Waals surface area (Å²) in [6.07, 6.45) is 2.75. The summed E-state index contributed by atoms with van der Waals surface area (Å²) in [5.41, 5.74) is 0.997. The highest BCUT2D eigenvalue weighted by atomic mass is 32.2. The molecule has 4 nitrogen and oxygen atoms in total. The van der Waals surface area contributed by atoms with Crippen molar-refractivity contribution in [3.63, 3.8) is 0 Å². The highest BCUT2D eigenvalue weighted by Crippen LogP contribution is 2.17. The maximum atomic E-state index is 8.69. The zero-order valence-corrected chi connectivity index (χ0v) is 8.79. The Hall–Kier alpha value is -0.550. The Labute approximate surface area is 82.3 Å². The molecule has 74 valence electrons. The molecule has 5 heteroatoms.